The molecule has 0 saturated carbocycles. The first-order chi connectivity index (χ1) is 12.1. The van der Waals surface area contributed by atoms with Crippen LogP contribution >= 0.6 is 35.3 Å². The Morgan fingerprint density at radius 1 is 1.19 bits per heavy atom. The second-order valence-electron chi connectivity index (χ2n) is 5.92. The molecule has 143 valence electrons. The third-order valence-electron chi connectivity index (χ3n) is 4.26. The number of allylic oxidation sites excluding steroid dienone is 3. The van der Waals surface area contributed by atoms with E-state index in [1.54, 1.807) is 14.1 Å². The summed E-state index contributed by atoms with van der Waals surface area (Å²) >= 11 is 7.73. The zero-order chi connectivity index (χ0) is 19.8. The Bertz CT molecular complexity index is 1020. The summed E-state index contributed by atoms with van der Waals surface area (Å²) in [7, 11) is 5.22. The number of nitrogens with zero attached hydrogens (tertiary/aromatic N) is 3. The van der Waals surface area contributed by atoms with Gasteiger partial charge in [-0.25, -0.2) is 6.92 Å². The Morgan fingerprint density at radius 3 is 2.26 bits per heavy atom. The Kier molecular flexibility index (Phi) is 8.88. The van der Waals surface area contributed by atoms with E-state index >= 15 is 0 Å². The van der Waals surface area contributed by atoms with E-state index in [4.69, 9.17) is 12.2 Å². The summed E-state index contributed by atoms with van der Waals surface area (Å²) in [5, 5.41) is 0. The zero-order valence-corrected chi connectivity index (χ0v) is 21.7. The van der Waals surface area contributed by atoms with Gasteiger partial charge in [-0.15, -0.1) is 35.6 Å². The Hall–Kier alpha value is -0.536. The maximum absolute atomic E-state index is 12.7. The van der Waals surface area contributed by atoms with Crippen molar-refractivity contribution in [2.24, 2.45) is 7.05 Å². The molecule has 2 heterocycles. The molecule has 1 aliphatic heterocycles. The summed E-state index contributed by atoms with van der Waals surface area (Å²) in [5.41, 5.74) is 2.51. The quantitative estimate of drug-likeness (QED) is 0.361. The number of hydrogen-bond donors (Lipinski definition) is 0. The molecule has 0 aliphatic carbocycles. The molecule has 9 heteroatoms. The normalized spacial score (nSPS) is 18.7. The minimum absolute atomic E-state index is 0. The summed E-state index contributed by atoms with van der Waals surface area (Å²) in [6, 6.07) is 0. The van der Waals surface area contributed by atoms with Gasteiger partial charge in [0.05, 0.1) is 0 Å². The molecule has 0 atom stereocenters. The zero-order valence-electron chi connectivity index (χ0n) is 16.5. The smallest absolute Gasteiger partial charge is 0.268 e. The third-order valence-corrected chi connectivity index (χ3v) is 7.29. The van der Waals surface area contributed by atoms with Crippen LogP contribution in [0.25, 0.3) is 10.5 Å². The molecule has 2 rings (SSSR count). The molecule has 5 nitrogen and oxygen atoms in total. The van der Waals surface area contributed by atoms with E-state index in [-0.39, 0.29) is 44.2 Å². The summed E-state index contributed by atoms with van der Waals surface area (Å²) < 4.78 is 3.25. The van der Waals surface area contributed by atoms with Crippen molar-refractivity contribution in [2.75, 3.05) is 14.1 Å². The fraction of sp³-hybridized carbons (Fsp3) is 0.389. The molecule has 1 aromatic rings. The van der Waals surface area contributed by atoms with Gasteiger partial charge in [-0.05, 0) is 7.05 Å². The number of hydrogen-bond acceptors (Lipinski definition) is 6. The first-order valence-corrected chi connectivity index (χ1v) is 9.90. The molecule has 1 fully saturated rings. The van der Waals surface area contributed by atoms with Gasteiger partial charge >= 0.3 is 0 Å². The van der Waals surface area contributed by atoms with E-state index in [9.17, 15) is 9.59 Å². The second-order valence-corrected chi connectivity index (χ2v) is 8.56. The van der Waals surface area contributed by atoms with Crippen molar-refractivity contribution in [1.29, 1.82) is 0 Å². The van der Waals surface area contributed by atoms with Gasteiger partial charge in [0.2, 0.25) is 0 Å². The molecular weight excluding hydrogens is 475 g/mol. The second kappa shape index (κ2) is 9.79. The van der Waals surface area contributed by atoms with Crippen molar-refractivity contribution in [3.63, 3.8) is 0 Å². The largest absolute Gasteiger partial charge is 0.551 e. The van der Waals surface area contributed by atoms with E-state index in [1.165, 1.54) is 32.6 Å². The fourth-order valence-electron chi connectivity index (χ4n) is 2.22. The van der Waals surface area contributed by atoms with Crippen molar-refractivity contribution < 1.29 is 37.5 Å². The van der Waals surface area contributed by atoms with Crippen LogP contribution in [0.5, 0.6) is 0 Å². The molecule has 1 radical (unpaired) electrons. The Balaban J connectivity index is 0.00000364. The van der Waals surface area contributed by atoms with Crippen molar-refractivity contribution >= 4 is 56.0 Å². The van der Waals surface area contributed by atoms with E-state index in [1.807, 2.05) is 39.6 Å². The molecule has 0 spiro atoms. The average molecular weight is 496 g/mol. The average Bonchev–Trinajstić information content (AvgIpc) is 3.04. The van der Waals surface area contributed by atoms with Crippen LogP contribution in [0.4, 0.5) is 0 Å². The predicted molar refractivity (Wildman–Crippen MR) is 113 cm³/mol. The van der Waals surface area contributed by atoms with Crippen LogP contribution in [-0.4, -0.2) is 38.7 Å². The SMILES string of the molecule is C[C-]=C(C)N(C)[C-]=C(C)C(C)=c1s/c(=C2\SC(=S)N(C)C2=O)n(C)c1=O.[Y]. The number of rotatable bonds is 3. The number of thioether (sulfide) groups is 1. The molecular formula is C18H21N3O2S3Y-2. The van der Waals surface area contributed by atoms with Crippen molar-refractivity contribution in [3.8, 4) is 0 Å². The van der Waals surface area contributed by atoms with Crippen LogP contribution in [0.1, 0.15) is 27.7 Å². The third kappa shape index (κ3) is 4.90. The van der Waals surface area contributed by atoms with Crippen molar-refractivity contribution in [3.05, 3.63) is 43.1 Å². The fourth-order valence-corrected chi connectivity index (χ4v) is 4.77. The number of carbonyl (C=O) groups is 1. The van der Waals surface area contributed by atoms with E-state index in [0.29, 0.717) is 18.4 Å². The van der Waals surface area contributed by atoms with Crippen LogP contribution in [0, 0.1) is 12.3 Å². The van der Waals surface area contributed by atoms with Gasteiger partial charge in [0.25, 0.3) is 11.5 Å². The molecule has 0 aromatic carbocycles. The molecule has 1 aromatic heterocycles. The summed E-state index contributed by atoms with van der Waals surface area (Å²) in [6.07, 6.45) is 6.30. The summed E-state index contributed by atoms with van der Waals surface area (Å²) in [5.74, 6) is -0.168. The van der Waals surface area contributed by atoms with E-state index in [2.05, 4.69) is 12.3 Å². The van der Waals surface area contributed by atoms with E-state index in [0.717, 1.165) is 16.8 Å². The monoisotopic (exact) mass is 496 g/mol. The van der Waals surface area contributed by atoms with Crippen LogP contribution in [0.3, 0.4) is 0 Å². The molecule has 0 N–H and O–H groups in total. The first kappa shape index (κ1) is 24.5. The van der Waals surface area contributed by atoms with Gasteiger partial charge < -0.3 is 15.5 Å². The molecule has 1 saturated heterocycles. The van der Waals surface area contributed by atoms with Gasteiger partial charge in [0.1, 0.15) is 13.9 Å². The van der Waals surface area contributed by atoms with Crippen LogP contribution in [0.15, 0.2) is 16.1 Å². The maximum atomic E-state index is 12.7. The number of thiocarbonyl (C=S) groups is 1. The molecule has 1 aliphatic rings. The number of thiazole rings is 1. The van der Waals surface area contributed by atoms with Gasteiger partial charge in [0, 0.05) is 51.3 Å². The predicted octanol–water partition coefficient (Wildman–Crippen LogP) is 1.58. The minimum Gasteiger partial charge on any atom is -0.551 e. The Labute approximate surface area is 198 Å². The molecule has 1 amide bonds. The molecule has 27 heavy (non-hydrogen) atoms. The van der Waals surface area contributed by atoms with Crippen LogP contribution < -0.4 is 14.8 Å². The minimum atomic E-state index is -0.168. The van der Waals surface area contributed by atoms with Gasteiger partial charge in [-0.2, -0.15) is 0 Å². The Morgan fingerprint density at radius 2 is 1.78 bits per heavy atom. The standard InChI is InChI=1S/C18H21N3O2S3.Y/c1-8-11(3)19(5)9-10(2)12(4)13-15(22)20(6)17(25-13)14-16(23)21(7)18(24)26-14;/h1-7H3;/q-2;/b13-12?,17-14-;. The van der Waals surface area contributed by atoms with Gasteiger partial charge in [-0.1, -0.05) is 37.8 Å². The van der Waals surface area contributed by atoms with Crippen molar-refractivity contribution in [2.45, 2.75) is 27.7 Å². The molecule has 0 bridgehead atoms. The maximum Gasteiger partial charge on any atom is 0.268 e. The van der Waals surface area contributed by atoms with Crippen LogP contribution in [0.2, 0.25) is 0 Å². The first-order valence-electron chi connectivity index (χ1n) is 7.86. The van der Waals surface area contributed by atoms with E-state index < -0.39 is 0 Å². The van der Waals surface area contributed by atoms with Crippen molar-refractivity contribution in [1.82, 2.24) is 14.4 Å². The topological polar surface area (TPSA) is 45.5 Å². The number of aromatic nitrogens is 1. The number of amides is 1. The van der Waals surface area contributed by atoms with Crippen LogP contribution in [-0.2, 0) is 44.6 Å². The number of carbonyl (C=O) groups excluding carboxylic acids is 1. The van der Waals surface area contributed by atoms with Gasteiger partial charge in [-0.3, -0.25) is 20.2 Å². The summed E-state index contributed by atoms with van der Waals surface area (Å²) in [4.78, 5) is 28.9. The molecule has 0 unspecified atom stereocenters. The van der Waals surface area contributed by atoms with Gasteiger partial charge in [0.15, 0.2) is 0 Å². The summed E-state index contributed by atoms with van der Waals surface area (Å²) in [6.45, 7) is 7.60.